The molecule has 7 nitrogen and oxygen atoms in total. The fraction of sp³-hybridized carbons (Fsp3) is 0.0714. The topological polar surface area (TPSA) is 88.9 Å². The molecule has 0 amide bonds. The van der Waals surface area contributed by atoms with Gasteiger partial charge in [0.15, 0.2) is 11.6 Å². The SMILES string of the molecule is CCn1c2ccccc2c2c(Nc3nc4ccccc4nc3NS(=O)(=O)c3ccc(Br)cc3)cccc21. The van der Waals surface area contributed by atoms with Gasteiger partial charge in [0.2, 0.25) is 0 Å². The second-order valence-electron chi connectivity index (χ2n) is 8.56. The van der Waals surface area contributed by atoms with Crippen LogP contribution in [-0.2, 0) is 16.6 Å². The number of aryl methyl sites for hydroxylation is 1. The molecule has 0 radical (unpaired) electrons. The molecule has 0 aliphatic heterocycles. The number of rotatable bonds is 6. The van der Waals surface area contributed by atoms with Crippen LogP contribution >= 0.6 is 15.9 Å². The van der Waals surface area contributed by atoms with Crippen LogP contribution in [0.3, 0.4) is 0 Å². The molecule has 0 saturated carbocycles. The summed E-state index contributed by atoms with van der Waals surface area (Å²) in [5.74, 6) is 0.443. The van der Waals surface area contributed by atoms with E-state index in [-0.39, 0.29) is 10.7 Å². The molecule has 2 aromatic heterocycles. The third-order valence-electron chi connectivity index (χ3n) is 6.29. The molecular weight excluding hydrogens is 550 g/mol. The molecule has 4 aromatic carbocycles. The highest BCUT2D eigenvalue weighted by Crippen LogP contribution is 2.37. The Morgan fingerprint density at radius 3 is 2.16 bits per heavy atom. The highest BCUT2D eigenvalue weighted by molar-refractivity contribution is 9.10. The number of sulfonamides is 1. The Labute approximate surface area is 222 Å². The van der Waals surface area contributed by atoms with Gasteiger partial charge in [-0.2, -0.15) is 0 Å². The summed E-state index contributed by atoms with van der Waals surface area (Å²) in [5, 5.41) is 5.54. The van der Waals surface area contributed by atoms with E-state index in [1.54, 1.807) is 18.2 Å². The van der Waals surface area contributed by atoms with E-state index >= 15 is 0 Å². The lowest BCUT2D eigenvalue weighted by molar-refractivity contribution is 0.601. The Kier molecular flexibility index (Phi) is 5.81. The largest absolute Gasteiger partial charge is 0.341 e. The van der Waals surface area contributed by atoms with E-state index < -0.39 is 10.0 Å². The molecule has 0 atom stereocenters. The van der Waals surface area contributed by atoms with Crippen LogP contribution in [0.4, 0.5) is 17.3 Å². The van der Waals surface area contributed by atoms with Crippen LogP contribution in [-0.4, -0.2) is 23.0 Å². The zero-order valence-electron chi connectivity index (χ0n) is 19.8. The van der Waals surface area contributed by atoms with Gasteiger partial charge in [-0.1, -0.05) is 52.3 Å². The number of aromatic nitrogens is 3. The van der Waals surface area contributed by atoms with Crippen molar-refractivity contribution in [3.8, 4) is 0 Å². The molecular formula is C28H22BrN5O2S. The van der Waals surface area contributed by atoms with Crippen molar-refractivity contribution in [1.82, 2.24) is 14.5 Å². The second-order valence-corrected chi connectivity index (χ2v) is 11.2. The molecule has 6 rings (SSSR count). The molecule has 184 valence electrons. The molecule has 0 bridgehead atoms. The Morgan fingerprint density at radius 1 is 0.784 bits per heavy atom. The van der Waals surface area contributed by atoms with E-state index in [1.807, 2.05) is 42.5 Å². The Hall–Kier alpha value is -3.95. The van der Waals surface area contributed by atoms with Gasteiger partial charge in [0.25, 0.3) is 10.0 Å². The number of nitrogens with zero attached hydrogens (tertiary/aromatic N) is 3. The maximum Gasteiger partial charge on any atom is 0.263 e. The number of anilines is 3. The van der Waals surface area contributed by atoms with Gasteiger partial charge in [0.1, 0.15) is 0 Å². The van der Waals surface area contributed by atoms with Crippen LogP contribution in [0, 0.1) is 0 Å². The maximum atomic E-state index is 13.3. The van der Waals surface area contributed by atoms with Crippen molar-refractivity contribution < 1.29 is 8.42 Å². The molecule has 0 aliphatic rings. The molecule has 2 heterocycles. The highest BCUT2D eigenvalue weighted by atomic mass is 79.9. The number of halogens is 1. The van der Waals surface area contributed by atoms with E-state index in [0.717, 1.165) is 38.5 Å². The fourth-order valence-corrected chi connectivity index (χ4v) is 5.90. The third-order valence-corrected chi connectivity index (χ3v) is 8.18. The van der Waals surface area contributed by atoms with Crippen molar-refractivity contribution >= 4 is 76.1 Å². The molecule has 0 fully saturated rings. The van der Waals surface area contributed by atoms with E-state index in [9.17, 15) is 8.42 Å². The van der Waals surface area contributed by atoms with E-state index in [1.165, 1.54) is 12.1 Å². The van der Waals surface area contributed by atoms with Crippen molar-refractivity contribution in [3.63, 3.8) is 0 Å². The standard InChI is InChI=1S/C28H22BrN5O2S/c1-2-34-24-12-6-3-8-20(24)26-23(11-7-13-25(26)34)32-27-28(31-22-10-5-4-9-21(22)30-27)33-37(35,36)19-16-14-18(29)15-17-19/h3-17H,2H2,1H3,(H,30,32)(H,31,33). The average Bonchev–Trinajstić information content (AvgIpc) is 3.23. The van der Waals surface area contributed by atoms with Crippen LogP contribution < -0.4 is 10.0 Å². The smallest absolute Gasteiger partial charge is 0.263 e. The number of fused-ring (bicyclic) bond motifs is 4. The lowest BCUT2D eigenvalue weighted by Gasteiger charge is -2.15. The van der Waals surface area contributed by atoms with Gasteiger partial charge in [0, 0.05) is 33.0 Å². The lowest BCUT2D eigenvalue weighted by atomic mass is 10.1. The Balaban J connectivity index is 1.51. The minimum absolute atomic E-state index is 0.123. The van der Waals surface area contributed by atoms with Crippen molar-refractivity contribution in [3.05, 3.63) is 95.5 Å². The molecule has 0 spiro atoms. The van der Waals surface area contributed by atoms with Crippen LogP contribution in [0.15, 0.2) is 100 Å². The first-order valence-electron chi connectivity index (χ1n) is 11.8. The molecule has 2 N–H and O–H groups in total. The summed E-state index contributed by atoms with van der Waals surface area (Å²) in [6.45, 7) is 2.94. The molecule has 9 heteroatoms. The number of benzene rings is 4. The van der Waals surface area contributed by atoms with Gasteiger partial charge in [-0.3, -0.25) is 4.72 Å². The zero-order valence-corrected chi connectivity index (χ0v) is 22.2. The average molecular weight is 572 g/mol. The first kappa shape index (κ1) is 23.4. The third kappa shape index (κ3) is 4.20. The quantitative estimate of drug-likeness (QED) is 0.223. The van der Waals surface area contributed by atoms with Crippen LogP contribution in [0.2, 0.25) is 0 Å². The van der Waals surface area contributed by atoms with E-state index in [4.69, 9.17) is 4.98 Å². The lowest BCUT2D eigenvalue weighted by Crippen LogP contribution is -2.16. The highest BCUT2D eigenvalue weighted by Gasteiger charge is 2.20. The van der Waals surface area contributed by atoms with Gasteiger partial charge in [-0.05, 0) is 61.5 Å². The summed E-state index contributed by atoms with van der Waals surface area (Å²) >= 11 is 3.35. The predicted octanol–water partition coefficient (Wildman–Crippen LogP) is 7.06. The molecule has 0 saturated heterocycles. The number of hydrogen-bond donors (Lipinski definition) is 2. The zero-order chi connectivity index (χ0) is 25.6. The second kappa shape index (κ2) is 9.17. The minimum Gasteiger partial charge on any atom is -0.341 e. The Morgan fingerprint density at radius 2 is 1.43 bits per heavy atom. The first-order chi connectivity index (χ1) is 17.9. The summed E-state index contributed by atoms with van der Waals surface area (Å²) in [5.41, 5.74) is 4.27. The first-order valence-corrected chi connectivity index (χ1v) is 14.0. The number of para-hydroxylation sites is 3. The van der Waals surface area contributed by atoms with E-state index in [2.05, 4.69) is 60.6 Å². The molecule has 0 unspecified atom stereocenters. The minimum atomic E-state index is -3.91. The van der Waals surface area contributed by atoms with Crippen molar-refractivity contribution in [1.29, 1.82) is 0 Å². The van der Waals surface area contributed by atoms with Crippen molar-refractivity contribution in [2.24, 2.45) is 0 Å². The summed E-state index contributed by atoms with van der Waals surface area (Å²) in [6, 6.07) is 28.1. The van der Waals surface area contributed by atoms with Crippen LogP contribution in [0.1, 0.15) is 6.92 Å². The Bertz CT molecular complexity index is 1900. The van der Waals surface area contributed by atoms with E-state index in [0.29, 0.717) is 16.9 Å². The van der Waals surface area contributed by atoms with Gasteiger partial charge in [-0.25, -0.2) is 18.4 Å². The predicted molar refractivity (Wildman–Crippen MR) is 153 cm³/mol. The summed E-state index contributed by atoms with van der Waals surface area (Å²) < 4.78 is 32.2. The van der Waals surface area contributed by atoms with Gasteiger partial charge in [-0.15, -0.1) is 0 Å². The normalized spacial score (nSPS) is 11.8. The molecule has 6 aromatic rings. The van der Waals surface area contributed by atoms with Crippen LogP contribution in [0.25, 0.3) is 32.8 Å². The van der Waals surface area contributed by atoms with Gasteiger partial charge in [0.05, 0.1) is 21.4 Å². The molecule has 0 aliphatic carbocycles. The van der Waals surface area contributed by atoms with Gasteiger partial charge >= 0.3 is 0 Å². The molecule has 37 heavy (non-hydrogen) atoms. The van der Waals surface area contributed by atoms with Crippen molar-refractivity contribution in [2.75, 3.05) is 10.0 Å². The number of nitrogens with one attached hydrogen (secondary N) is 2. The van der Waals surface area contributed by atoms with Crippen molar-refractivity contribution in [2.45, 2.75) is 18.4 Å². The van der Waals surface area contributed by atoms with Gasteiger partial charge < -0.3 is 9.88 Å². The summed E-state index contributed by atoms with van der Waals surface area (Å²) in [6.07, 6.45) is 0. The van der Waals surface area contributed by atoms with Crippen LogP contribution in [0.5, 0.6) is 0 Å². The number of hydrogen-bond acceptors (Lipinski definition) is 5. The fourth-order valence-electron chi connectivity index (χ4n) is 4.63. The summed E-state index contributed by atoms with van der Waals surface area (Å²) in [7, 11) is -3.91. The maximum absolute atomic E-state index is 13.3. The monoisotopic (exact) mass is 571 g/mol. The summed E-state index contributed by atoms with van der Waals surface area (Å²) in [4.78, 5) is 9.52.